The maximum Gasteiger partial charge on any atom is 0.226 e. The van der Waals surface area contributed by atoms with E-state index < -0.39 is 0 Å². The number of benzene rings is 2. The van der Waals surface area contributed by atoms with Crippen molar-refractivity contribution in [2.24, 2.45) is 0 Å². The van der Waals surface area contributed by atoms with E-state index in [9.17, 15) is 4.79 Å². The summed E-state index contributed by atoms with van der Waals surface area (Å²) in [5, 5.41) is 6.65. The van der Waals surface area contributed by atoms with Gasteiger partial charge in [0, 0.05) is 29.4 Å². The second-order valence-corrected chi connectivity index (χ2v) is 4.90. The third-order valence-electron chi connectivity index (χ3n) is 2.90. The van der Waals surface area contributed by atoms with Crippen LogP contribution in [-0.2, 0) is 4.79 Å². The Morgan fingerprint density at radius 1 is 1.05 bits per heavy atom. The number of rotatable bonds is 6. The maximum absolute atomic E-state index is 11.8. The Morgan fingerprint density at radius 3 is 2.29 bits per heavy atom. The van der Waals surface area contributed by atoms with Crippen LogP contribution in [0.5, 0.6) is 5.75 Å². The van der Waals surface area contributed by atoms with Gasteiger partial charge in [0.25, 0.3) is 0 Å². The van der Waals surface area contributed by atoms with Crippen LogP contribution in [0.4, 0.5) is 11.4 Å². The van der Waals surface area contributed by atoms with E-state index in [0.717, 1.165) is 17.1 Å². The quantitative estimate of drug-likeness (QED) is 0.853. The van der Waals surface area contributed by atoms with Crippen LogP contribution >= 0.6 is 11.6 Å². The first-order chi connectivity index (χ1) is 10.2. The van der Waals surface area contributed by atoms with Crippen LogP contribution in [0.15, 0.2) is 48.5 Å². The summed E-state index contributed by atoms with van der Waals surface area (Å²) < 4.78 is 5.09. The molecule has 0 bridgehead atoms. The van der Waals surface area contributed by atoms with Crippen LogP contribution in [0.3, 0.4) is 0 Å². The van der Waals surface area contributed by atoms with E-state index in [2.05, 4.69) is 10.6 Å². The van der Waals surface area contributed by atoms with Gasteiger partial charge in [0.15, 0.2) is 0 Å². The Bertz CT molecular complexity index is 582. The number of halogens is 1. The number of ether oxygens (including phenoxy) is 1. The van der Waals surface area contributed by atoms with Crippen LogP contribution in [0, 0.1) is 0 Å². The SMILES string of the molecule is COc1ccc(NCCC(=O)Nc2ccc(Cl)cc2)cc1. The van der Waals surface area contributed by atoms with Gasteiger partial charge in [-0.05, 0) is 48.5 Å². The predicted molar refractivity (Wildman–Crippen MR) is 86.2 cm³/mol. The van der Waals surface area contributed by atoms with Gasteiger partial charge in [0.1, 0.15) is 5.75 Å². The monoisotopic (exact) mass is 304 g/mol. The van der Waals surface area contributed by atoms with Gasteiger partial charge in [0.05, 0.1) is 7.11 Å². The summed E-state index contributed by atoms with van der Waals surface area (Å²) in [6.07, 6.45) is 0.384. The van der Waals surface area contributed by atoms with Crippen LogP contribution < -0.4 is 15.4 Å². The molecule has 0 spiro atoms. The Labute approximate surface area is 129 Å². The number of nitrogens with one attached hydrogen (secondary N) is 2. The number of hydrogen-bond acceptors (Lipinski definition) is 3. The molecule has 0 saturated carbocycles. The highest BCUT2D eigenvalue weighted by Crippen LogP contribution is 2.15. The summed E-state index contributed by atoms with van der Waals surface area (Å²) in [4.78, 5) is 11.8. The number of carbonyl (C=O) groups is 1. The van der Waals surface area contributed by atoms with Crippen LogP contribution in [0.25, 0.3) is 0 Å². The van der Waals surface area contributed by atoms with Gasteiger partial charge in [-0.3, -0.25) is 4.79 Å². The molecule has 0 aliphatic carbocycles. The third-order valence-corrected chi connectivity index (χ3v) is 3.15. The van der Waals surface area contributed by atoms with Crippen molar-refractivity contribution in [1.82, 2.24) is 0 Å². The second kappa shape index (κ2) is 7.55. The van der Waals surface area contributed by atoms with Gasteiger partial charge in [-0.2, -0.15) is 0 Å². The number of hydrogen-bond donors (Lipinski definition) is 2. The van der Waals surface area contributed by atoms with Gasteiger partial charge < -0.3 is 15.4 Å². The summed E-state index contributed by atoms with van der Waals surface area (Å²) in [5.41, 5.74) is 1.70. The minimum absolute atomic E-state index is 0.0432. The number of amides is 1. The third kappa shape index (κ3) is 5.00. The van der Waals surface area contributed by atoms with E-state index in [-0.39, 0.29) is 5.91 Å². The summed E-state index contributed by atoms with van der Waals surface area (Å²) in [7, 11) is 1.63. The second-order valence-electron chi connectivity index (χ2n) is 4.46. The van der Waals surface area contributed by atoms with Gasteiger partial charge in [0.2, 0.25) is 5.91 Å². The Morgan fingerprint density at radius 2 is 1.67 bits per heavy atom. The molecule has 0 heterocycles. The number of carbonyl (C=O) groups excluding carboxylic acids is 1. The zero-order chi connectivity index (χ0) is 15.1. The molecule has 0 saturated heterocycles. The average molecular weight is 305 g/mol. The van der Waals surface area contributed by atoms with Crippen molar-refractivity contribution in [2.45, 2.75) is 6.42 Å². The van der Waals surface area contributed by atoms with E-state index in [1.807, 2.05) is 24.3 Å². The first-order valence-corrected chi connectivity index (χ1v) is 6.98. The van der Waals surface area contributed by atoms with E-state index in [1.54, 1.807) is 31.4 Å². The fourth-order valence-corrected chi connectivity index (χ4v) is 1.91. The molecule has 0 atom stereocenters. The van der Waals surface area contributed by atoms with Gasteiger partial charge in [-0.15, -0.1) is 0 Å². The molecule has 110 valence electrons. The molecule has 2 aromatic rings. The zero-order valence-corrected chi connectivity index (χ0v) is 12.5. The molecule has 0 aromatic heterocycles. The fraction of sp³-hybridized carbons (Fsp3) is 0.188. The summed E-state index contributed by atoms with van der Waals surface area (Å²) in [6, 6.07) is 14.6. The molecular weight excluding hydrogens is 288 g/mol. The van der Waals surface area contributed by atoms with Crippen LogP contribution in [0.1, 0.15) is 6.42 Å². The van der Waals surface area contributed by atoms with Crippen LogP contribution in [-0.4, -0.2) is 19.6 Å². The van der Waals surface area contributed by atoms with Crippen LogP contribution in [0.2, 0.25) is 5.02 Å². The highest BCUT2D eigenvalue weighted by Gasteiger charge is 2.02. The Kier molecular flexibility index (Phi) is 5.46. The molecule has 5 heteroatoms. The molecule has 2 aromatic carbocycles. The maximum atomic E-state index is 11.8. The normalized spacial score (nSPS) is 10.0. The van der Waals surface area contributed by atoms with E-state index >= 15 is 0 Å². The Hall–Kier alpha value is -2.20. The summed E-state index contributed by atoms with van der Waals surface area (Å²) in [6.45, 7) is 0.561. The molecule has 0 aliphatic rings. The molecule has 2 rings (SSSR count). The van der Waals surface area contributed by atoms with E-state index in [4.69, 9.17) is 16.3 Å². The topological polar surface area (TPSA) is 50.4 Å². The first-order valence-electron chi connectivity index (χ1n) is 6.61. The lowest BCUT2D eigenvalue weighted by atomic mass is 10.3. The predicted octanol–water partition coefficient (Wildman–Crippen LogP) is 3.79. The smallest absolute Gasteiger partial charge is 0.226 e. The fourth-order valence-electron chi connectivity index (χ4n) is 1.79. The average Bonchev–Trinajstić information content (AvgIpc) is 2.50. The minimum Gasteiger partial charge on any atom is -0.497 e. The van der Waals surface area contributed by atoms with E-state index in [0.29, 0.717) is 18.0 Å². The largest absolute Gasteiger partial charge is 0.497 e. The molecule has 0 radical (unpaired) electrons. The standard InChI is InChI=1S/C16H17ClN2O2/c1-21-15-8-6-13(7-9-15)18-11-10-16(20)19-14-4-2-12(17)3-5-14/h2-9,18H,10-11H2,1H3,(H,19,20). The highest BCUT2D eigenvalue weighted by molar-refractivity contribution is 6.30. The molecule has 1 amide bonds. The number of methoxy groups -OCH3 is 1. The molecule has 21 heavy (non-hydrogen) atoms. The molecule has 0 unspecified atom stereocenters. The lowest BCUT2D eigenvalue weighted by molar-refractivity contribution is -0.115. The summed E-state index contributed by atoms with van der Waals surface area (Å²) in [5.74, 6) is 0.763. The first kappa shape index (κ1) is 15.2. The van der Waals surface area contributed by atoms with Crippen molar-refractivity contribution < 1.29 is 9.53 Å². The van der Waals surface area contributed by atoms with Crippen molar-refractivity contribution >= 4 is 28.9 Å². The lowest BCUT2D eigenvalue weighted by Crippen LogP contribution is -2.16. The lowest BCUT2D eigenvalue weighted by Gasteiger charge is -2.08. The molecular formula is C16H17ClN2O2. The molecule has 0 aliphatic heterocycles. The Balaban J connectivity index is 1.74. The van der Waals surface area contributed by atoms with Crippen molar-refractivity contribution in [3.63, 3.8) is 0 Å². The zero-order valence-electron chi connectivity index (χ0n) is 11.7. The van der Waals surface area contributed by atoms with Crippen molar-refractivity contribution in [3.8, 4) is 5.75 Å². The van der Waals surface area contributed by atoms with Crippen molar-refractivity contribution in [1.29, 1.82) is 0 Å². The number of anilines is 2. The molecule has 4 nitrogen and oxygen atoms in total. The van der Waals surface area contributed by atoms with E-state index in [1.165, 1.54) is 0 Å². The van der Waals surface area contributed by atoms with Gasteiger partial charge in [-0.25, -0.2) is 0 Å². The minimum atomic E-state index is -0.0432. The molecule has 0 fully saturated rings. The van der Waals surface area contributed by atoms with Crippen molar-refractivity contribution in [2.75, 3.05) is 24.3 Å². The highest BCUT2D eigenvalue weighted by atomic mass is 35.5. The van der Waals surface area contributed by atoms with Gasteiger partial charge in [-0.1, -0.05) is 11.6 Å². The summed E-state index contributed by atoms with van der Waals surface area (Å²) >= 11 is 5.79. The molecule has 2 N–H and O–H groups in total. The van der Waals surface area contributed by atoms with Crippen molar-refractivity contribution in [3.05, 3.63) is 53.6 Å². The van der Waals surface area contributed by atoms with Gasteiger partial charge >= 0.3 is 0 Å².